The molecular formula is C14H15F2N3O. The molecule has 0 unspecified atom stereocenters. The van der Waals surface area contributed by atoms with Crippen LogP contribution in [0, 0.1) is 17.6 Å². The van der Waals surface area contributed by atoms with Gasteiger partial charge in [0.15, 0.2) is 11.6 Å². The molecule has 3 aliphatic rings. The molecule has 1 aromatic carbocycles. The molecule has 6 heteroatoms. The van der Waals surface area contributed by atoms with Gasteiger partial charge in [0.25, 0.3) is 0 Å². The Hall–Kier alpha value is -1.69. The molecule has 4 nitrogen and oxygen atoms in total. The van der Waals surface area contributed by atoms with Gasteiger partial charge in [0.05, 0.1) is 5.39 Å². The molecule has 2 aromatic rings. The van der Waals surface area contributed by atoms with E-state index in [4.69, 9.17) is 4.52 Å². The van der Waals surface area contributed by atoms with Crippen LogP contribution in [0.15, 0.2) is 16.7 Å². The third kappa shape index (κ3) is 1.86. The summed E-state index contributed by atoms with van der Waals surface area (Å²) >= 11 is 0. The highest BCUT2D eigenvalue weighted by Gasteiger charge is 2.34. The van der Waals surface area contributed by atoms with Crippen LogP contribution in [0.5, 0.6) is 0 Å². The van der Waals surface area contributed by atoms with Crippen molar-refractivity contribution in [3.8, 4) is 0 Å². The molecule has 1 N–H and O–H groups in total. The fourth-order valence-corrected chi connectivity index (χ4v) is 3.38. The highest BCUT2D eigenvalue weighted by Crippen LogP contribution is 2.32. The van der Waals surface area contributed by atoms with Crippen molar-refractivity contribution in [1.29, 1.82) is 0 Å². The molecule has 20 heavy (non-hydrogen) atoms. The number of nitrogens with one attached hydrogen (secondary N) is 1. The molecule has 106 valence electrons. The van der Waals surface area contributed by atoms with Crippen LogP contribution in [0.2, 0.25) is 0 Å². The largest absolute Gasteiger partial charge is 0.362 e. The summed E-state index contributed by atoms with van der Waals surface area (Å²) in [5.41, 5.74) is 0.00942. The van der Waals surface area contributed by atoms with E-state index < -0.39 is 11.6 Å². The quantitative estimate of drug-likeness (QED) is 0.917. The van der Waals surface area contributed by atoms with E-state index in [0.29, 0.717) is 17.1 Å². The summed E-state index contributed by atoms with van der Waals surface area (Å²) in [7, 11) is 0. The lowest BCUT2D eigenvalue weighted by Crippen LogP contribution is -2.53. The normalized spacial score (nSPS) is 29.0. The second-order valence-corrected chi connectivity index (χ2v) is 5.68. The van der Waals surface area contributed by atoms with Crippen LogP contribution in [-0.2, 0) is 0 Å². The van der Waals surface area contributed by atoms with Gasteiger partial charge in [0.1, 0.15) is 5.82 Å². The standard InChI is InChI=1S/C14H15F2N3O/c15-9-5-10-13(11(16)6-9)20-18-14(10)17-12-7-19-3-1-8(12)2-4-19/h5-6,8,12H,1-4,7H2,(H,17,18)/t12-/m0/s1. The maximum Gasteiger partial charge on any atom is 0.204 e. The van der Waals surface area contributed by atoms with Gasteiger partial charge in [-0.3, -0.25) is 0 Å². The molecule has 0 spiro atoms. The number of rotatable bonds is 2. The third-order valence-corrected chi connectivity index (χ3v) is 4.47. The Morgan fingerprint density at radius 2 is 2.05 bits per heavy atom. The molecule has 3 saturated heterocycles. The Morgan fingerprint density at radius 3 is 2.75 bits per heavy atom. The SMILES string of the molecule is Fc1cc(F)c2onc(N[C@H]3CN4CCC3CC4)c2c1. The van der Waals surface area contributed by atoms with Gasteiger partial charge in [-0.25, -0.2) is 8.78 Å². The average Bonchev–Trinajstić information content (AvgIpc) is 2.84. The van der Waals surface area contributed by atoms with Gasteiger partial charge in [-0.2, -0.15) is 0 Å². The predicted molar refractivity (Wildman–Crippen MR) is 70.5 cm³/mol. The molecule has 0 radical (unpaired) electrons. The van der Waals surface area contributed by atoms with Gasteiger partial charge in [0.2, 0.25) is 5.58 Å². The molecule has 5 rings (SSSR count). The highest BCUT2D eigenvalue weighted by molar-refractivity contribution is 5.88. The molecular weight excluding hydrogens is 264 g/mol. The van der Waals surface area contributed by atoms with E-state index in [1.807, 2.05) is 0 Å². The number of hydrogen-bond donors (Lipinski definition) is 1. The summed E-state index contributed by atoms with van der Waals surface area (Å²) in [5.74, 6) is -0.285. The van der Waals surface area contributed by atoms with E-state index in [0.717, 1.165) is 38.5 Å². The number of nitrogens with zero attached hydrogens (tertiary/aromatic N) is 2. The lowest BCUT2D eigenvalue weighted by atomic mass is 9.84. The lowest BCUT2D eigenvalue weighted by molar-refractivity contribution is 0.0973. The van der Waals surface area contributed by atoms with Gasteiger partial charge in [-0.15, -0.1) is 0 Å². The highest BCUT2D eigenvalue weighted by atomic mass is 19.1. The minimum absolute atomic E-state index is 0.00942. The second-order valence-electron chi connectivity index (χ2n) is 5.68. The maximum absolute atomic E-state index is 13.6. The molecule has 1 atom stereocenters. The summed E-state index contributed by atoms with van der Waals surface area (Å²) in [4.78, 5) is 2.40. The van der Waals surface area contributed by atoms with Crippen LogP contribution < -0.4 is 5.32 Å². The fourth-order valence-electron chi connectivity index (χ4n) is 3.38. The Labute approximate surface area is 114 Å². The Bertz CT molecular complexity index is 649. The molecule has 4 heterocycles. The smallest absolute Gasteiger partial charge is 0.204 e. The number of hydrogen-bond acceptors (Lipinski definition) is 4. The monoisotopic (exact) mass is 279 g/mol. The van der Waals surface area contributed by atoms with Gasteiger partial charge in [-0.1, -0.05) is 5.16 Å². The van der Waals surface area contributed by atoms with Crippen molar-refractivity contribution < 1.29 is 13.3 Å². The molecule has 0 amide bonds. The van der Waals surface area contributed by atoms with E-state index >= 15 is 0 Å². The first-order valence-electron chi connectivity index (χ1n) is 6.94. The van der Waals surface area contributed by atoms with Crippen LogP contribution >= 0.6 is 0 Å². The van der Waals surface area contributed by atoms with Crippen molar-refractivity contribution in [2.45, 2.75) is 18.9 Å². The van der Waals surface area contributed by atoms with E-state index in [2.05, 4.69) is 15.4 Å². The summed E-state index contributed by atoms with van der Waals surface area (Å²) in [6.45, 7) is 3.24. The Morgan fingerprint density at radius 1 is 1.25 bits per heavy atom. The van der Waals surface area contributed by atoms with Crippen LogP contribution in [0.4, 0.5) is 14.6 Å². The number of halogens is 2. The summed E-state index contributed by atoms with van der Waals surface area (Å²) < 4.78 is 31.9. The minimum Gasteiger partial charge on any atom is -0.362 e. The maximum atomic E-state index is 13.6. The number of anilines is 1. The van der Waals surface area contributed by atoms with Gasteiger partial charge < -0.3 is 14.7 Å². The first-order valence-corrected chi connectivity index (χ1v) is 6.94. The molecule has 2 bridgehead atoms. The van der Waals surface area contributed by atoms with Crippen molar-refractivity contribution in [2.75, 3.05) is 25.0 Å². The number of fused-ring (bicyclic) bond motifs is 4. The van der Waals surface area contributed by atoms with Crippen molar-refractivity contribution in [1.82, 2.24) is 10.1 Å². The predicted octanol–water partition coefficient (Wildman–Crippen LogP) is 2.61. The van der Waals surface area contributed by atoms with E-state index in [1.165, 1.54) is 6.07 Å². The topological polar surface area (TPSA) is 41.3 Å². The zero-order chi connectivity index (χ0) is 13.7. The van der Waals surface area contributed by atoms with Crippen molar-refractivity contribution in [3.05, 3.63) is 23.8 Å². The van der Waals surface area contributed by atoms with E-state index in [1.54, 1.807) is 0 Å². The number of benzene rings is 1. The van der Waals surface area contributed by atoms with E-state index in [-0.39, 0.29) is 11.6 Å². The molecule has 3 aliphatic heterocycles. The first-order chi connectivity index (χ1) is 9.70. The van der Waals surface area contributed by atoms with Crippen molar-refractivity contribution >= 4 is 16.8 Å². The van der Waals surface area contributed by atoms with Crippen molar-refractivity contribution in [2.24, 2.45) is 5.92 Å². The Kier molecular flexibility index (Phi) is 2.66. The van der Waals surface area contributed by atoms with Crippen LogP contribution in [-0.4, -0.2) is 35.7 Å². The fraction of sp³-hybridized carbons (Fsp3) is 0.500. The number of aromatic nitrogens is 1. The van der Waals surface area contributed by atoms with E-state index in [9.17, 15) is 8.78 Å². The number of piperidine rings is 3. The van der Waals surface area contributed by atoms with Gasteiger partial charge in [-0.05, 0) is 37.9 Å². The van der Waals surface area contributed by atoms with Crippen LogP contribution in [0.25, 0.3) is 11.0 Å². The summed E-state index contributed by atoms with van der Waals surface area (Å²) in [6, 6.07) is 2.35. The first kappa shape index (κ1) is 12.1. The Balaban J connectivity index is 1.66. The lowest BCUT2D eigenvalue weighted by Gasteiger charge is -2.44. The second kappa shape index (κ2) is 4.41. The van der Waals surface area contributed by atoms with Gasteiger partial charge in [0, 0.05) is 18.7 Å². The minimum atomic E-state index is -0.713. The molecule has 3 fully saturated rings. The summed E-state index contributed by atoms with van der Waals surface area (Å²) in [6.07, 6.45) is 2.33. The van der Waals surface area contributed by atoms with Crippen molar-refractivity contribution in [3.63, 3.8) is 0 Å². The van der Waals surface area contributed by atoms with Crippen LogP contribution in [0.1, 0.15) is 12.8 Å². The third-order valence-electron chi connectivity index (χ3n) is 4.47. The zero-order valence-electron chi connectivity index (χ0n) is 10.9. The molecule has 1 aromatic heterocycles. The average molecular weight is 279 g/mol. The zero-order valence-corrected chi connectivity index (χ0v) is 10.9. The van der Waals surface area contributed by atoms with Crippen LogP contribution in [0.3, 0.4) is 0 Å². The molecule has 0 saturated carbocycles. The summed E-state index contributed by atoms with van der Waals surface area (Å²) in [5, 5.41) is 7.55. The van der Waals surface area contributed by atoms with Gasteiger partial charge >= 0.3 is 0 Å². The molecule has 0 aliphatic carbocycles.